The van der Waals surface area contributed by atoms with Gasteiger partial charge in [-0.3, -0.25) is 14.9 Å². The van der Waals surface area contributed by atoms with Gasteiger partial charge in [0.05, 0.1) is 18.1 Å². The van der Waals surface area contributed by atoms with E-state index >= 15 is 0 Å². The Bertz CT molecular complexity index is 967. The van der Waals surface area contributed by atoms with Crippen molar-refractivity contribution in [3.63, 3.8) is 0 Å². The maximum atomic E-state index is 13.4. The molecule has 0 fully saturated rings. The fourth-order valence-electron chi connectivity index (χ4n) is 2.72. The Morgan fingerprint density at radius 1 is 1.17 bits per heavy atom. The van der Waals surface area contributed by atoms with Gasteiger partial charge in [-0.15, -0.1) is 0 Å². The number of rotatable bonds is 8. The van der Waals surface area contributed by atoms with Crippen LogP contribution in [-0.4, -0.2) is 46.2 Å². The second kappa shape index (κ2) is 9.65. The van der Waals surface area contributed by atoms with E-state index in [-0.39, 0.29) is 24.2 Å². The van der Waals surface area contributed by atoms with Gasteiger partial charge in [0, 0.05) is 12.5 Å². The first-order valence-electron chi connectivity index (χ1n) is 8.69. The molecule has 0 unspecified atom stereocenters. The van der Waals surface area contributed by atoms with Crippen LogP contribution >= 0.6 is 0 Å². The van der Waals surface area contributed by atoms with Crippen molar-refractivity contribution in [1.82, 2.24) is 5.32 Å². The number of hydrogen-bond donors (Lipinski definition) is 4. The molecule has 0 bridgehead atoms. The van der Waals surface area contributed by atoms with Crippen molar-refractivity contribution in [2.75, 3.05) is 7.11 Å². The molecule has 160 valence electrons. The number of halogens is 1. The van der Waals surface area contributed by atoms with Gasteiger partial charge in [0.1, 0.15) is 6.04 Å². The highest BCUT2D eigenvalue weighted by molar-refractivity contribution is 5.87. The maximum absolute atomic E-state index is 13.4. The van der Waals surface area contributed by atoms with Crippen LogP contribution in [-0.2, 0) is 27.2 Å². The van der Waals surface area contributed by atoms with Gasteiger partial charge in [-0.2, -0.15) is 4.39 Å². The summed E-state index contributed by atoms with van der Waals surface area (Å²) in [6.07, 6.45) is -0.193. The predicted molar refractivity (Wildman–Crippen MR) is 102 cm³/mol. The Labute approximate surface area is 170 Å². The number of nitrogens with two attached hydrogens (primary N) is 1. The fourth-order valence-corrected chi connectivity index (χ4v) is 2.72. The molecule has 0 aliphatic heterocycles. The molecule has 0 aliphatic carbocycles. The molecule has 0 spiro atoms. The minimum Gasteiger partial charge on any atom is -0.504 e. The van der Waals surface area contributed by atoms with Crippen molar-refractivity contribution >= 4 is 17.6 Å². The highest BCUT2D eigenvalue weighted by Gasteiger charge is 2.26. The molecule has 10 nitrogen and oxygen atoms in total. The first-order valence-corrected chi connectivity index (χ1v) is 8.69. The fraction of sp³-hybridized carbons (Fsp3) is 0.263. The average Bonchev–Trinajstić information content (AvgIpc) is 2.70. The largest absolute Gasteiger partial charge is 0.504 e. The van der Waals surface area contributed by atoms with Crippen LogP contribution < -0.4 is 11.1 Å². The van der Waals surface area contributed by atoms with Gasteiger partial charge in [0.2, 0.25) is 11.7 Å². The summed E-state index contributed by atoms with van der Waals surface area (Å²) in [4.78, 5) is 34.4. The standard InChI is InChI=1S/C19H20FN3O7/c1-30-19(27)14(7-11-3-5-16(24)17(25)9-11)22-18(26)13(21)6-10-2-4-12(20)15(8-10)23(28)29/h2-5,8-9,13-14,24-25H,6-7,21H2,1H3,(H,22,26)/t13-,14-/m0/s1. The predicted octanol–water partition coefficient (Wildman–Crippen LogP) is 0.915. The zero-order valence-corrected chi connectivity index (χ0v) is 15.9. The number of nitrogens with one attached hydrogen (secondary N) is 1. The molecule has 2 aromatic carbocycles. The van der Waals surface area contributed by atoms with Gasteiger partial charge in [-0.1, -0.05) is 12.1 Å². The zero-order valence-electron chi connectivity index (χ0n) is 15.9. The number of aromatic hydroxyl groups is 2. The molecule has 2 atom stereocenters. The summed E-state index contributed by atoms with van der Waals surface area (Å²) in [5.41, 5.74) is 5.80. The minimum atomic E-state index is -1.18. The Hall–Kier alpha value is -3.73. The third kappa shape index (κ3) is 5.64. The molecule has 0 aromatic heterocycles. The van der Waals surface area contributed by atoms with Crippen LogP contribution in [0.25, 0.3) is 0 Å². The van der Waals surface area contributed by atoms with E-state index in [0.29, 0.717) is 5.56 Å². The number of phenolic OH excluding ortho intramolecular Hbond substituents is 2. The number of hydrogen-bond acceptors (Lipinski definition) is 8. The van der Waals surface area contributed by atoms with E-state index in [4.69, 9.17) is 5.73 Å². The second-order valence-corrected chi connectivity index (χ2v) is 6.47. The van der Waals surface area contributed by atoms with Gasteiger partial charge in [-0.05, 0) is 35.7 Å². The Morgan fingerprint density at radius 3 is 2.40 bits per heavy atom. The van der Waals surface area contributed by atoms with E-state index in [9.17, 15) is 34.3 Å². The number of nitro groups is 1. The summed E-state index contributed by atoms with van der Waals surface area (Å²) >= 11 is 0. The SMILES string of the molecule is COC(=O)[C@H](Cc1ccc(O)c(O)c1)NC(=O)[C@@H](N)Cc1ccc(F)c([N+](=O)[O-])c1. The molecule has 0 heterocycles. The first-order chi connectivity index (χ1) is 14.1. The topological polar surface area (TPSA) is 165 Å². The number of nitrogens with zero attached hydrogens (tertiary/aromatic N) is 1. The van der Waals surface area contributed by atoms with E-state index < -0.39 is 46.1 Å². The van der Waals surface area contributed by atoms with Crippen LogP contribution in [0.2, 0.25) is 0 Å². The van der Waals surface area contributed by atoms with Crippen molar-refractivity contribution in [1.29, 1.82) is 0 Å². The molecule has 0 aliphatic rings. The van der Waals surface area contributed by atoms with Crippen LogP contribution in [0.15, 0.2) is 36.4 Å². The lowest BCUT2D eigenvalue weighted by atomic mass is 10.0. The molecule has 2 rings (SSSR count). The maximum Gasteiger partial charge on any atom is 0.328 e. The van der Waals surface area contributed by atoms with Crippen molar-refractivity contribution in [2.24, 2.45) is 5.73 Å². The van der Waals surface area contributed by atoms with Crippen LogP contribution in [0, 0.1) is 15.9 Å². The Balaban J connectivity index is 2.10. The van der Waals surface area contributed by atoms with Gasteiger partial charge in [0.15, 0.2) is 11.5 Å². The summed E-state index contributed by atoms with van der Waals surface area (Å²) in [5, 5.41) is 32.2. The normalized spacial score (nSPS) is 12.6. The Morgan fingerprint density at radius 2 is 1.80 bits per heavy atom. The second-order valence-electron chi connectivity index (χ2n) is 6.47. The van der Waals surface area contributed by atoms with Crippen molar-refractivity contribution < 1.29 is 33.9 Å². The molecular weight excluding hydrogens is 401 g/mol. The summed E-state index contributed by atoms with van der Waals surface area (Å²) in [6.45, 7) is 0. The molecule has 1 amide bonds. The van der Waals surface area contributed by atoms with Crippen LogP contribution in [0.1, 0.15) is 11.1 Å². The number of phenols is 2. The highest BCUT2D eigenvalue weighted by Crippen LogP contribution is 2.25. The number of nitro benzene ring substituents is 1. The third-order valence-corrected chi connectivity index (χ3v) is 4.28. The lowest BCUT2D eigenvalue weighted by Gasteiger charge is -2.19. The molecule has 11 heteroatoms. The molecule has 30 heavy (non-hydrogen) atoms. The minimum absolute atomic E-state index is 0.0546. The van der Waals surface area contributed by atoms with Gasteiger partial charge in [-0.25, -0.2) is 4.79 Å². The molecule has 0 radical (unpaired) electrons. The number of benzene rings is 2. The van der Waals surface area contributed by atoms with Gasteiger partial charge < -0.3 is 26.0 Å². The lowest BCUT2D eigenvalue weighted by molar-refractivity contribution is -0.387. The smallest absolute Gasteiger partial charge is 0.328 e. The summed E-state index contributed by atoms with van der Waals surface area (Å²) in [6, 6.07) is 4.76. The van der Waals surface area contributed by atoms with Crippen molar-refractivity contribution in [3.8, 4) is 11.5 Å². The van der Waals surface area contributed by atoms with E-state index in [1.54, 1.807) is 0 Å². The average molecular weight is 421 g/mol. The molecular formula is C19H20FN3O7. The third-order valence-electron chi connectivity index (χ3n) is 4.28. The number of methoxy groups -OCH3 is 1. The van der Waals surface area contributed by atoms with Gasteiger partial charge >= 0.3 is 11.7 Å². The molecule has 5 N–H and O–H groups in total. The number of carbonyl (C=O) groups excluding carboxylic acids is 2. The first kappa shape index (κ1) is 22.6. The summed E-state index contributed by atoms with van der Waals surface area (Å²) in [7, 11) is 1.13. The number of ether oxygens (including phenoxy) is 1. The summed E-state index contributed by atoms with van der Waals surface area (Å²) in [5.74, 6) is -3.24. The monoisotopic (exact) mass is 421 g/mol. The molecule has 0 saturated heterocycles. The lowest BCUT2D eigenvalue weighted by Crippen LogP contribution is -2.50. The summed E-state index contributed by atoms with van der Waals surface area (Å²) < 4.78 is 18.1. The van der Waals surface area contributed by atoms with Crippen LogP contribution in [0.3, 0.4) is 0 Å². The van der Waals surface area contributed by atoms with E-state index in [0.717, 1.165) is 19.2 Å². The number of esters is 1. The molecule has 0 saturated carbocycles. The highest BCUT2D eigenvalue weighted by atomic mass is 19.1. The van der Waals surface area contributed by atoms with Crippen LogP contribution in [0.4, 0.5) is 10.1 Å². The van der Waals surface area contributed by atoms with Crippen molar-refractivity contribution in [3.05, 3.63) is 63.5 Å². The van der Waals surface area contributed by atoms with E-state index in [1.807, 2.05) is 0 Å². The molecule has 2 aromatic rings. The Kier molecular flexibility index (Phi) is 7.26. The number of amides is 1. The van der Waals surface area contributed by atoms with Crippen molar-refractivity contribution in [2.45, 2.75) is 24.9 Å². The zero-order chi connectivity index (χ0) is 22.4. The number of carbonyl (C=O) groups is 2. The van der Waals surface area contributed by atoms with Crippen LogP contribution in [0.5, 0.6) is 11.5 Å². The van der Waals surface area contributed by atoms with Gasteiger partial charge in [0.25, 0.3) is 0 Å². The van der Waals surface area contributed by atoms with E-state index in [1.165, 1.54) is 24.3 Å². The van der Waals surface area contributed by atoms with E-state index in [2.05, 4.69) is 10.1 Å². The quantitative estimate of drug-likeness (QED) is 0.211.